The van der Waals surface area contributed by atoms with Crippen molar-refractivity contribution in [2.24, 2.45) is 0 Å². The van der Waals surface area contributed by atoms with Crippen molar-refractivity contribution in [3.05, 3.63) is 30.1 Å². The van der Waals surface area contributed by atoms with Gasteiger partial charge in [-0.2, -0.15) is 0 Å². The van der Waals surface area contributed by atoms with E-state index in [2.05, 4.69) is 9.80 Å². The standard InChI is InChI=1S/C17H24FN3O3/c1-19-10-11-23-16(12-19)13-24-17(22)21-8-6-20(7-9-21)15-4-2-14(18)3-5-15/h2-5,16H,6-13H2,1H3. The molecular weight excluding hydrogens is 313 g/mol. The first-order valence-corrected chi connectivity index (χ1v) is 8.34. The highest BCUT2D eigenvalue weighted by Gasteiger charge is 2.24. The van der Waals surface area contributed by atoms with Crippen molar-refractivity contribution >= 4 is 11.8 Å². The van der Waals surface area contributed by atoms with E-state index in [1.807, 2.05) is 7.05 Å². The summed E-state index contributed by atoms with van der Waals surface area (Å²) in [6.45, 7) is 5.29. The number of piperazine rings is 1. The van der Waals surface area contributed by atoms with Crippen LogP contribution < -0.4 is 4.90 Å². The average molecular weight is 337 g/mol. The first-order chi connectivity index (χ1) is 11.6. The van der Waals surface area contributed by atoms with Crippen LogP contribution in [0.5, 0.6) is 0 Å². The molecule has 2 fully saturated rings. The van der Waals surface area contributed by atoms with Crippen molar-refractivity contribution in [2.75, 3.05) is 64.4 Å². The highest BCUT2D eigenvalue weighted by atomic mass is 19.1. The quantitative estimate of drug-likeness (QED) is 0.835. The number of carbonyl (C=O) groups excluding carboxylic acids is 1. The van der Waals surface area contributed by atoms with Gasteiger partial charge in [-0.25, -0.2) is 9.18 Å². The zero-order valence-electron chi connectivity index (χ0n) is 14.0. The van der Waals surface area contributed by atoms with Gasteiger partial charge in [0.2, 0.25) is 0 Å². The van der Waals surface area contributed by atoms with E-state index in [1.54, 1.807) is 17.0 Å². The normalized spacial score (nSPS) is 22.5. The van der Waals surface area contributed by atoms with E-state index in [0.29, 0.717) is 39.4 Å². The highest BCUT2D eigenvalue weighted by molar-refractivity contribution is 5.68. The second kappa shape index (κ2) is 7.81. The van der Waals surface area contributed by atoms with Crippen molar-refractivity contribution in [1.82, 2.24) is 9.80 Å². The largest absolute Gasteiger partial charge is 0.447 e. The second-order valence-electron chi connectivity index (χ2n) is 6.28. The van der Waals surface area contributed by atoms with E-state index < -0.39 is 0 Å². The molecule has 2 aliphatic rings. The zero-order chi connectivity index (χ0) is 16.9. The molecule has 1 atom stereocenters. The Morgan fingerprint density at radius 3 is 2.58 bits per heavy atom. The number of hydrogen-bond donors (Lipinski definition) is 0. The number of rotatable bonds is 3. The molecule has 1 unspecified atom stereocenters. The van der Waals surface area contributed by atoms with Crippen molar-refractivity contribution in [2.45, 2.75) is 6.10 Å². The minimum atomic E-state index is -0.286. The summed E-state index contributed by atoms with van der Waals surface area (Å²) in [5.41, 5.74) is 0.975. The summed E-state index contributed by atoms with van der Waals surface area (Å²) in [7, 11) is 2.03. The molecule has 1 aromatic carbocycles. The van der Waals surface area contributed by atoms with Gasteiger partial charge in [-0.1, -0.05) is 0 Å². The van der Waals surface area contributed by atoms with Gasteiger partial charge in [0.25, 0.3) is 0 Å². The molecular formula is C17H24FN3O3. The Morgan fingerprint density at radius 1 is 1.21 bits per heavy atom. The minimum Gasteiger partial charge on any atom is -0.447 e. The van der Waals surface area contributed by atoms with E-state index in [-0.39, 0.29) is 18.0 Å². The lowest BCUT2D eigenvalue weighted by Gasteiger charge is -2.36. The summed E-state index contributed by atoms with van der Waals surface area (Å²) in [5, 5.41) is 0. The molecule has 6 nitrogen and oxygen atoms in total. The van der Waals surface area contributed by atoms with Gasteiger partial charge in [0.05, 0.1) is 6.61 Å². The molecule has 0 aliphatic carbocycles. The smallest absolute Gasteiger partial charge is 0.409 e. The van der Waals surface area contributed by atoms with Gasteiger partial charge in [0.15, 0.2) is 0 Å². The number of morpholine rings is 1. The lowest BCUT2D eigenvalue weighted by atomic mass is 10.2. The molecule has 24 heavy (non-hydrogen) atoms. The highest BCUT2D eigenvalue weighted by Crippen LogP contribution is 2.17. The number of ether oxygens (including phenoxy) is 2. The van der Waals surface area contributed by atoms with Gasteiger partial charge < -0.3 is 24.2 Å². The molecule has 2 aliphatic heterocycles. The summed E-state index contributed by atoms with van der Waals surface area (Å²) in [5.74, 6) is -0.239. The number of halogens is 1. The van der Waals surface area contributed by atoms with Crippen LogP contribution in [-0.4, -0.2) is 81.5 Å². The fraction of sp³-hybridized carbons (Fsp3) is 0.588. The maximum Gasteiger partial charge on any atom is 0.409 e. The number of anilines is 1. The van der Waals surface area contributed by atoms with Crippen LogP contribution in [0.25, 0.3) is 0 Å². The molecule has 1 aromatic rings. The molecule has 0 spiro atoms. The predicted octanol–water partition coefficient (Wildman–Crippen LogP) is 1.41. The third-order valence-corrected chi connectivity index (χ3v) is 4.46. The SMILES string of the molecule is CN1CCOC(COC(=O)N2CCN(c3ccc(F)cc3)CC2)C1. The molecule has 2 heterocycles. The maximum absolute atomic E-state index is 13.0. The Labute approximate surface area is 141 Å². The van der Waals surface area contributed by atoms with Gasteiger partial charge in [-0.05, 0) is 31.3 Å². The van der Waals surface area contributed by atoms with E-state index in [1.165, 1.54) is 12.1 Å². The predicted molar refractivity (Wildman–Crippen MR) is 88.8 cm³/mol. The van der Waals surface area contributed by atoms with Crippen LogP contribution in [0.15, 0.2) is 24.3 Å². The number of carbonyl (C=O) groups is 1. The van der Waals surface area contributed by atoms with Crippen LogP contribution in [0.4, 0.5) is 14.9 Å². The molecule has 0 aromatic heterocycles. The molecule has 7 heteroatoms. The summed E-state index contributed by atoms with van der Waals surface area (Å²) in [6.07, 6.45) is -0.334. The van der Waals surface area contributed by atoms with E-state index in [4.69, 9.17) is 9.47 Å². The first-order valence-electron chi connectivity index (χ1n) is 8.34. The molecule has 0 bridgehead atoms. The van der Waals surface area contributed by atoms with Crippen LogP contribution in [0.1, 0.15) is 0 Å². The van der Waals surface area contributed by atoms with Crippen LogP contribution in [0.3, 0.4) is 0 Å². The summed E-state index contributed by atoms with van der Waals surface area (Å²) < 4.78 is 24.0. The Balaban J connectivity index is 1.42. The molecule has 0 radical (unpaired) electrons. The van der Waals surface area contributed by atoms with Gasteiger partial charge in [0, 0.05) is 45.0 Å². The molecule has 2 saturated heterocycles. The first kappa shape index (κ1) is 17.0. The summed E-state index contributed by atoms with van der Waals surface area (Å²) in [4.78, 5) is 18.2. The maximum atomic E-state index is 13.0. The monoisotopic (exact) mass is 337 g/mol. The lowest BCUT2D eigenvalue weighted by molar-refractivity contribution is -0.0523. The third-order valence-electron chi connectivity index (χ3n) is 4.46. The molecule has 0 saturated carbocycles. The Morgan fingerprint density at radius 2 is 1.92 bits per heavy atom. The fourth-order valence-electron chi connectivity index (χ4n) is 3.02. The number of hydrogen-bond acceptors (Lipinski definition) is 5. The summed E-state index contributed by atoms with van der Waals surface area (Å²) >= 11 is 0. The van der Waals surface area contributed by atoms with Crippen LogP contribution in [0.2, 0.25) is 0 Å². The second-order valence-corrected chi connectivity index (χ2v) is 6.28. The van der Waals surface area contributed by atoms with E-state index >= 15 is 0 Å². The van der Waals surface area contributed by atoms with Crippen LogP contribution in [0, 0.1) is 5.82 Å². The molecule has 132 valence electrons. The third kappa shape index (κ3) is 4.36. The minimum absolute atomic E-state index is 0.0480. The van der Waals surface area contributed by atoms with Crippen molar-refractivity contribution < 1.29 is 18.7 Å². The molecule has 0 N–H and O–H groups in total. The fourth-order valence-corrected chi connectivity index (χ4v) is 3.02. The van der Waals surface area contributed by atoms with Crippen molar-refractivity contribution in [3.63, 3.8) is 0 Å². The van der Waals surface area contributed by atoms with E-state index in [0.717, 1.165) is 18.8 Å². The van der Waals surface area contributed by atoms with E-state index in [9.17, 15) is 9.18 Å². The molecule has 3 rings (SSSR count). The Kier molecular flexibility index (Phi) is 5.52. The Bertz CT molecular complexity index is 547. The Hall–Kier alpha value is -1.86. The lowest BCUT2D eigenvalue weighted by Crippen LogP contribution is -2.50. The van der Waals surface area contributed by atoms with Crippen molar-refractivity contribution in [1.29, 1.82) is 0 Å². The van der Waals surface area contributed by atoms with Crippen LogP contribution in [-0.2, 0) is 9.47 Å². The zero-order valence-corrected chi connectivity index (χ0v) is 14.0. The van der Waals surface area contributed by atoms with Gasteiger partial charge in [0.1, 0.15) is 18.5 Å². The number of benzene rings is 1. The number of likely N-dealkylation sites (N-methyl/N-ethyl adjacent to an activating group) is 1. The number of nitrogens with zero attached hydrogens (tertiary/aromatic N) is 3. The van der Waals surface area contributed by atoms with Crippen molar-refractivity contribution in [3.8, 4) is 0 Å². The topological polar surface area (TPSA) is 45.3 Å². The van der Waals surface area contributed by atoms with Gasteiger partial charge >= 0.3 is 6.09 Å². The number of amides is 1. The average Bonchev–Trinajstić information content (AvgIpc) is 2.61. The summed E-state index contributed by atoms with van der Waals surface area (Å²) in [6, 6.07) is 6.44. The molecule has 1 amide bonds. The van der Waals surface area contributed by atoms with Crippen LogP contribution >= 0.6 is 0 Å². The van der Waals surface area contributed by atoms with Gasteiger partial charge in [-0.3, -0.25) is 0 Å². The van der Waals surface area contributed by atoms with Gasteiger partial charge in [-0.15, -0.1) is 0 Å².